The van der Waals surface area contributed by atoms with Crippen LogP contribution in [0.2, 0.25) is 0 Å². The molecule has 0 fully saturated rings. The molecule has 0 bridgehead atoms. The highest BCUT2D eigenvalue weighted by Gasteiger charge is 2.14. The Kier molecular flexibility index (Phi) is 3.62. The zero-order valence-corrected chi connectivity index (χ0v) is 12.7. The summed E-state index contributed by atoms with van der Waals surface area (Å²) >= 11 is 3.36. The summed E-state index contributed by atoms with van der Waals surface area (Å²) in [5.74, 6) is 0.506. The van der Waals surface area contributed by atoms with Crippen LogP contribution in [0.15, 0.2) is 47.2 Å². The number of aromatic nitrogens is 2. The van der Waals surface area contributed by atoms with E-state index < -0.39 is 5.97 Å². The van der Waals surface area contributed by atoms with Gasteiger partial charge in [0.1, 0.15) is 22.7 Å². The van der Waals surface area contributed by atoms with E-state index in [1.165, 1.54) is 7.11 Å². The van der Waals surface area contributed by atoms with E-state index in [9.17, 15) is 4.79 Å². The number of ether oxygens (including phenoxy) is 2. The fourth-order valence-electron chi connectivity index (χ4n) is 1.96. The highest BCUT2D eigenvalue weighted by molar-refractivity contribution is 9.10. The molecular formula is C15H11BrN2O3. The van der Waals surface area contributed by atoms with Gasteiger partial charge in [0, 0.05) is 16.1 Å². The van der Waals surface area contributed by atoms with Gasteiger partial charge in [0.2, 0.25) is 0 Å². The van der Waals surface area contributed by atoms with Gasteiger partial charge in [0.05, 0.1) is 13.3 Å². The molecule has 0 aliphatic heterocycles. The SMILES string of the molecule is COC(=O)c1ccc(Br)cc1Oc1cnc2[nH]ccc2c1. The van der Waals surface area contributed by atoms with Crippen molar-refractivity contribution in [2.75, 3.05) is 7.11 Å². The minimum absolute atomic E-state index is 0.356. The number of aromatic amines is 1. The molecule has 0 aliphatic rings. The number of carbonyl (C=O) groups is 1. The first-order chi connectivity index (χ1) is 10.2. The Morgan fingerprint density at radius 1 is 1.29 bits per heavy atom. The van der Waals surface area contributed by atoms with Crippen molar-refractivity contribution in [1.82, 2.24) is 9.97 Å². The van der Waals surface area contributed by atoms with Crippen LogP contribution in [-0.2, 0) is 4.74 Å². The van der Waals surface area contributed by atoms with E-state index >= 15 is 0 Å². The van der Waals surface area contributed by atoms with Crippen molar-refractivity contribution in [1.29, 1.82) is 0 Å². The van der Waals surface area contributed by atoms with Gasteiger partial charge in [-0.05, 0) is 30.3 Å². The Morgan fingerprint density at radius 2 is 2.14 bits per heavy atom. The minimum atomic E-state index is -0.451. The van der Waals surface area contributed by atoms with Crippen LogP contribution >= 0.6 is 15.9 Å². The van der Waals surface area contributed by atoms with Crippen LogP contribution in [0, 0.1) is 0 Å². The second kappa shape index (κ2) is 5.57. The molecule has 0 atom stereocenters. The maximum atomic E-state index is 11.8. The second-order valence-corrected chi connectivity index (χ2v) is 5.24. The second-order valence-electron chi connectivity index (χ2n) is 4.32. The number of rotatable bonds is 3. The molecule has 3 rings (SSSR count). The Balaban J connectivity index is 1.99. The van der Waals surface area contributed by atoms with Gasteiger partial charge < -0.3 is 14.5 Å². The summed E-state index contributed by atoms with van der Waals surface area (Å²) in [4.78, 5) is 19.0. The number of methoxy groups -OCH3 is 1. The smallest absolute Gasteiger partial charge is 0.341 e. The number of pyridine rings is 1. The van der Waals surface area contributed by atoms with Crippen molar-refractivity contribution in [3.05, 3.63) is 52.8 Å². The number of benzene rings is 1. The van der Waals surface area contributed by atoms with Gasteiger partial charge in [0.25, 0.3) is 0 Å². The van der Waals surface area contributed by atoms with Crippen LogP contribution in [0.25, 0.3) is 11.0 Å². The third-order valence-electron chi connectivity index (χ3n) is 2.95. The number of nitrogens with one attached hydrogen (secondary N) is 1. The van der Waals surface area contributed by atoms with Crippen LogP contribution in [-0.4, -0.2) is 23.0 Å². The van der Waals surface area contributed by atoms with Crippen LogP contribution in [0.4, 0.5) is 0 Å². The van der Waals surface area contributed by atoms with Gasteiger partial charge in [-0.15, -0.1) is 0 Å². The average molecular weight is 347 g/mol. The molecule has 1 aromatic carbocycles. The molecule has 21 heavy (non-hydrogen) atoms. The van der Waals surface area contributed by atoms with Crippen LogP contribution < -0.4 is 4.74 Å². The molecule has 0 aliphatic carbocycles. The van der Waals surface area contributed by atoms with E-state index in [2.05, 4.69) is 25.9 Å². The molecule has 106 valence electrons. The maximum Gasteiger partial charge on any atom is 0.341 e. The summed E-state index contributed by atoms with van der Waals surface area (Å²) in [7, 11) is 1.33. The number of H-pyrrole nitrogens is 1. The van der Waals surface area contributed by atoms with Crippen molar-refractivity contribution in [2.45, 2.75) is 0 Å². The molecule has 0 unspecified atom stereocenters. The summed E-state index contributed by atoms with van der Waals surface area (Å²) in [5, 5.41) is 0.933. The quantitative estimate of drug-likeness (QED) is 0.730. The lowest BCUT2D eigenvalue weighted by Crippen LogP contribution is -2.03. The number of fused-ring (bicyclic) bond motifs is 1. The fourth-order valence-corrected chi connectivity index (χ4v) is 2.30. The normalized spacial score (nSPS) is 10.6. The first-order valence-corrected chi connectivity index (χ1v) is 6.95. The van der Waals surface area contributed by atoms with Crippen molar-refractivity contribution in [3.63, 3.8) is 0 Å². The predicted octanol–water partition coefficient (Wildman–Crippen LogP) is 3.90. The Hall–Kier alpha value is -2.34. The average Bonchev–Trinajstić information content (AvgIpc) is 2.94. The van der Waals surface area contributed by atoms with E-state index in [1.54, 1.807) is 30.6 Å². The first kappa shape index (κ1) is 13.6. The lowest BCUT2D eigenvalue weighted by atomic mass is 10.2. The minimum Gasteiger partial charge on any atom is -0.465 e. The number of hydrogen-bond acceptors (Lipinski definition) is 4. The largest absolute Gasteiger partial charge is 0.465 e. The monoisotopic (exact) mass is 346 g/mol. The zero-order valence-electron chi connectivity index (χ0n) is 11.1. The molecule has 0 saturated carbocycles. The standard InChI is InChI=1S/C15H11BrN2O3/c1-20-15(19)12-3-2-10(16)7-13(12)21-11-6-9-4-5-17-14(9)18-8-11/h2-8H,1H3,(H,17,18). The lowest BCUT2D eigenvalue weighted by molar-refractivity contribution is 0.0598. The van der Waals surface area contributed by atoms with E-state index in [0.717, 1.165) is 15.5 Å². The van der Waals surface area contributed by atoms with E-state index in [4.69, 9.17) is 9.47 Å². The van der Waals surface area contributed by atoms with Gasteiger partial charge in [0.15, 0.2) is 0 Å². The van der Waals surface area contributed by atoms with Crippen LogP contribution in [0.5, 0.6) is 11.5 Å². The highest BCUT2D eigenvalue weighted by Crippen LogP contribution is 2.30. The zero-order chi connectivity index (χ0) is 14.8. The van der Waals surface area contributed by atoms with Crippen LogP contribution in [0.1, 0.15) is 10.4 Å². The van der Waals surface area contributed by atoms with Crippen LogP contribution in [0.3, 0.4) is 0 Å². The highest BCUT2D eigenvalue weighted by atomic mass is 79.9. The van der Waals surface area contributed by atoms with Gasteiger partial charge in [-0.25, -0.2) is 9.78 Å². The van der Waals surface area contributed by atoms with Gasteiger partial charge >= 0.3 is 5.97 Å². The number of nitrogens with zero attached hydrogens (tertiary/aromatic N) is 1. The number of carbonyl (C=O) groups excluding carboxylic acids is 1. The number of hydrogen-bond donors (Lipinski definition) is 1. The van der Waals surface area contributed by atoms with Gasteiger partial charge in [-0.3, -0.25) is 0 Å². The molecule has 2 heterocycles. The van der Waals surface area contributed by atoms with E-state index in [1.807, 2.05) is 12.1 Å². The molecule has 1 N–H and O–H groups in total. The molecule has 0 radical (unpaired) electrons. The molecule has 0 spiro atoms. The number of halogens is 1. The molecule has 0 saturated heterocycles. The van der Waals surface area contributed by atoms with Crippen molar-refractivity contribution in [3.8, 4) is 11.5 Å². The first-order valence-electron chi connectivity index (χ1n) is 6.16. The molecule has 3 aromatic rings. The van der Waals surface area contributed by atoms with Gasteiger partial charge in [-0.2, -0.15) is 0 Å². The molecule has 5 nitrogen and oxygen atoms in total. The van der Waals surface area contributed by atoms with Gasteiger partial charge in [-0.1, -0.05) is 15.9 Å². The molecule has 2 aromatic heterocycles. The summed E-state index contributed by atoms with van der Waals surface area (Å²) in [6.45, 7) is 0. The fraction of sp³-hybridized carbons (Fsp3) is 0.0667. The van der Waals surface area contributed by atoms with E-state index in [0.29, 0.717) is 17.1 Å². The summed E-state index contributed by atoms with van der Waals surface area (Å²) in [6, 6.07) is 8.87. The third-order valence-corrected chi connectivity index (χ3v) is 3.45. The summed E-state index contributed by atoms with van der Waals surface area (Å²) < 4.78 is 11.3. The molecule has 0 amide bonds. The predicted molar refractivity (Wildman–Crippen MR) is 81.6 cm³/mol. The number of esters is 1. The topological polar surface area (TPSA) is 64.2 Å². The Bertz CT molecular complexity index is 814. The Morgan fingerprint density at radius 3 is 2.95 bits per heavy atom. The van der Waals surface area contributed by atoms with Crippen molar-refractivity contribution < 1.29 is 14.3 Å². The maximum absolute atomic E-state index is 11.8. The summed E-state index contributed by atoms with van der Waals surface area (Å²) in [5.41, 5.74) is 1.14. The lowest BCUT2D eigenvalue weighted by Gasteiger charge is -2.10. The summed E-state index contributed by atoms with van der Waals surface area (Å²) in [6.07, 6.45) is 3.40. The molecule has 6 heteroatoms. The van der Waals surface area contributed by atoms with Crippen molar-refractivity contribution in [2.24, 2.45) is 0 Å². The van der Waals surface area contributed by atoms with Crippen molar-refractivity contribution >= 4 is 32.9 Å². The third kappa shape index (κ3) is 2.75. The van der Waals surface area contributed by atoms with E-state index in [-0.39, 0.29) is 0 Å². The Labute approximate surface area is 129 Å². The molecular weight excluding hydrogens is 336 g/mol.